The lowest BCUT2D eigenvalue weighted by Gasteiger charge is -2.17. The zero-order valence-electron chi connectivity index (χ0n) is 12.4. The molecule has 3 rings (SSSR count). The summed E-state index contributed by atoms with van der Waals surface area (Å²) in [5, 5.41) is 8.14. The van der Waals surface area contributed by atoms with E-state index in [-0.39, 0.29) is 11.6 Å². The molecule has 0 radical (unpaired) electrons. The summed E-state index contributed by atoms with van der Waals surface area (Å²) in [6.07, 6.45) is 1.81. The van der Waals surface area contributed by atoms with Crippen molar-refractivity contribution in [3.8, 4) is 0 Å². The minimum Gasteiger partial charge on any atom is -0.363 e. The Labute approximate surface area is 137 Å². The Kier molecular flexibility index (Phi) is 4.21. The third kappa shape index (κ3) is 3.38. The van der Waals surface area contributed by atoms with Gasteiger partial charge in [0, 0.05) is 18.3 Å². The van der Waals surface area contributed by atoms with Gasteiger partial charge in [0.25, 0.3) is 0 Å². The Hall–Kier alpha value is -2.88. The van der Waals surface area contributed by atoms with Gasteiger partial charge in [0.15, 0.2) is 5.82 Å². The molecule has 24 heavy (non-hydrogen) atoms. The van der Waals surface area contributed by atoms with Crippen molar-refractivity contribution in [2.45, 2.75) is 6.42 Å². The van der Waals surface area contributed by atoms with Crippen molar-refractivity contribution >= 4 is 39.0 Å². The van der Waals surface area contributed by atoms with Gasteiger partial charge in [-0.3, -0.25) is 19.2 Å². The maximum Gasteiger partial charge on any atom is 0.315 e. The lowest BCUT2D eigenvalue weighted by molar-refractivity contribution is -0.133. The number of rotatable bonds is 3. The summed E-state index contributed by atoms with van der Waals surface area (Å²) >= 11 is 0. The second kappa shape index (κ2) is 6.32. The van der Waals surface area contributed by atoms with Crippen molar-refractivity contribution in [2.24, 2.45) is 0 Å². The van der Waals surface area contributed by atoms with Crippen LogP contribution in [0.5, 0.6) is 0 Å². The van der Waals surface area contributed by atoms with Crippen LogP contribution in [0.3, 0.4) is 0 Å². The van der Waals surface area contributed by atoms with Crippen LogP contribution in [0.4, 0.5) is 17.2 Å². The first-order valence-electron chi connectivity index (χ1n) is 7.09. The molecule has 0 atom stereocenters. The van der Waals surface area contributed by atoms with Crippen LogP contribution in [0.15, 0.2) is 41.1 Å². The van der Waals surface area contributed by atoms with E-state index in [4.69, 9.17) is 0 Å². The number of hydrogen-bond donors (Lipinski definition) is 2. The Bertz CT molecular complexity index is 863. The van der Waals surface area contributed by atoms with Crippen molar-refractivity contribution in [3.63, 3.8) is 0 Å². The van der Waals surface area contributed by atoms with Gasteiger partial charge in [-0.2, -0.15) is 0 Å². The summed E-state index contributed by atoms with van der Waals surface area (Å²) in [6.45, 7) is 0.395. The van der Waals surface area contributed by atoms with Crippen molar-refractivity contribution < 1.29 is 22.5 Å². The monoisotopic (exact) mass is 350 g/mol. The molecule has 0 unspecified atom stereocenters. The summed E-state index contributed by atoms with van der Waals surface area (Å²) in [7, 11) is -3.31. The van der Waals surface area contributed by atoms with E-state index in [1.54, 1.807) is 18.2 Å². The van der Waals surface area contributed by atoms with E-state index in [2.05, 4.69) is 20.3 Å². The lowest BCUT2D eigenvalue weighted by Crippen LogP contribution is -2.29. The number of hydrogen-bond acceptors (Lipinski definition) is 6. The van der Waals surface area contributed by atoms with Crippen LogP contribution in [0.1, 0.15) is 6.42 Å². The molecule has 0 spiro atoms. The van der Waals surface area contributed by atoms with Crippen LogP contribution in [-0.2, 0) is 19.6 Å². The summed E-state index contributed by atoms with van der Waals surface area (Å²) < 4.78 is 29.7. The third-order valence-corrected chi connectivity index (χ3v) is 5.25. The van der Waals surface area contributed by atoms with Crippen LogP contribution < -0.4 is 14.9 Å². The molecule has 0 bridgehead atoms. The van der Waals surface area contributed by atoms with E-state index in [0.717, 1.165) is 0 Å². The third-order valence-electron chi connectivity index (χ3n) is 3.38. The fourth-order valence-electron chi connectivity index (χ4n) is 2.31. The van der Waals surface area contributed by atoms with E-state index in [1.165, 1.54) is 22.7 Å². The second-order valence-electron chi connectivity index (χ2n) is 5.08. The topological polar surface area (TPSA) is 122 Å². The molecule has 1 fully saturated rings. The number of nitrogens with one attached hydrogen (secondary N) is 2. The first-order chi connectivity index (χ1) is 11.5. The van der Waals surface area contributed by atoms with Gasteiger partial charge >= 0.3 is 11.8 Å². The standard InChI is InChI=1S/C14H14N4O5S/c19-13(14(20)16-12-5-7-23-17-12)15-10-3-1-4-11(9-10)18-6-2-8-24(18,21)22/h1,3-5,7,9H,2,6,8H2,(H,15,19)(H,16,17,20). The number of sulfonamides is 1. The van der Waals surface area contributed by atoms with Crippen molar-refractivity contribution in [2.75, 3.05) is 27.2 Å². The van der Waals surface area contributed by atoms with Gasteiger partial charge in [0.1, 0.15) is 6.26 Å². The van der Waals surface area contributed by atoms with Crippen LogP contribution in [0.25, 0.3) is 0 Å². The van der Waals surface area contributed by atoms with E-state index in [9.17, 15) is 18.0 Å². The maximum absolute atomic E-state index is 11.9. The first kappa shape index (κ1) is 16.0. The lowest BCUT2D eigenvalue weighted by atomic mass is 10.2. The van der Waals surface area contributed by atoms with Gasteiger partial charge in [0.2, 0.25) is 10.0 Å². The molecule has 1 aromatic carbocycles. The predicted octanol–water partition coefficient (Wildman–Crippen LogP) is 0.792. The number of carbonyl (C=O) groups excluding carboxylic acids is 2. The molecule has 0 aliphatic carbocycles. The minimum atomic E-state index is -3.31. The maximum atomic E-state index is 11.9. The molecule has 1 aliphatic rings. The molecule has 2 heterocycles. The summed E-state index contributed by atoms with van der Waals surface area (Å²) in [5.74, 6) is -1.60. The second-order valence-corrected chi connectivity index (χ2v) is 7.10. The van der Waals surface area contributed by atoms with Crippen molar-refractivity contribution in [1.29, 1.82) is 0 Å². The van der Waals surface area contributed by atoms with Gasteiger partial charge < -0.3 is 9.84 Å². The van der Waals surface area contributed by atoms with E-state index >= 15 is 0 Å². The number of nitrogens with zero attached hydrogens (tertiary/aromatic N) is 2. The van der Waals surface area contributed by atoms with E-state index in [1.807, 2.05) is 0 Å². The Morgan fingerprint density at radius 1 is 1.17 bits per heavy atom. The molecule has 2 N–H and O–H groups in total. The van der Waals surface area contributed by atoms with Gasteiger partial charge in [0.05, 0.1) is 11.4 Å². The van der Waals surface area contributed by atoms with Crippen molar-refractivity contribution in [1.82, 2.24) is 5.16 Å². The molecular weight excluding hydrogens is 336 g/mol. The van der Waals surface area contributed by atoms with Crippen LogP contribution >= 0.6 is 0 Å². The molecule has 1 saturated heterocycles. The minimum absolute atomic E-state index is 0.101. The van der Waals surface area contributed by atoms with Gasteiger partial charge in [-0.05, 0) is 24.6 Å². The molecule has 2 aromatic rings. The number of carbonyl (C=O) groups is 2. The molecular formula is C14H14N4O5S. The molecule has 2 amide bonds. The number of benzene rings is 1. The first-order valence-corrected chi connectivity index (χ1v) is 8.70. The fraction of sp³-hybridized carbons (Fsp3) is 0.214. The molecule has 1 aromatic heterocycles. The summed E-state index contributed by atoms with van der Waals surface area (Å²) in [5.41, 5.74) is 0.761. The highest BCUT2D eigenvalue weighted by molar-refractivity contribution is 7.93. The molecule has 126 valence electrons. The molecule has 0 saturated carbocycles. The highest BCUT2D eigenvalue weighted by Gasteiger charge is 2.28. The molecule has 1 aliphatic heterocycles. The average molecular weight is 350 g/mol. The predicted molar refractivity (Wildman–Crippen MR) is 86.0 cm³/mol. The highest BCUT2D eigenvalue weighted by atomic mass is 32.2. The smallest absolute Gasteiger partial charge is 0.315 e. The SMILES string of the molecule is O=C(Nc1cccc(N2CCCS2(=O)=O)c1)C(=O)Nc1ccon1. The largest absolute Gasteiger partial charge is 0.363 e. The molecule has 9 nitrogen and oxygen atoms in total. The van der Waals surface area contributed by atoms with Crippen LogP contribution in [-0.4, -0.2) is 37.7 Å². The normalized spacial score (nSPS) is 15.9. The van der Waals surface area contributed by atoms with E-state index in [0.29, 0.717) is 24.3 Å². The van der Waals surface area contributed by atoms with Crippen molar-refractivity contribution in [3.05, 3.63) is 36.6 Å². The van der Waals surface area contributed by atoms with Gasteiger partial charge in [-0.25, -0.2) is 8.42 Å². The fourth-order valence-corrected chi connectivity index (χ4v) is 3.86. The number of anilines is 3. The Morgan fingerprint density at radius 3 is 2.62 bits per heavy atom. The van der Waals surface area contributed by atoms with Crippen LogP contribution in [0.2, 0.25) is 0 Å². The van der Waals surface area contributed by atoms with Gasteiger partial charge in [-0.15, -0.1) is 0 Å². The van der Waals surface area contributed by atoms with Crippen LogP contribution in [0, 0.1) is 0 Å². The highest BCUT2D eigenvalue weighted by Crippen LogP contribution is 2.26. The Balaban J connectivity index is 1.70. The number of amides is 2. The van der Waals surface area contributed by atoms with Gasteiger partial charge in [-0.1, -0.05) is 11.2 Å². The summed E-state index contributed by atoms with van der Waals surface area (Å²) in [4.78, 5) is 23.6. The average Bonchev–Trinajstić information content (AvgIpc) is 3.16. The molecule has 10 heteroatoms. The quantitative estimate of drug-likeness (QED) is 0.789. The zero-order chi connectivity index (χ0) is 17.2. The summed E-state index contributed by atoms with van der Waals surface area (Å²) in [6, 6.07) is 7.70. The van der Waals surface area contributed by atoms with E-state index < -0.39 is 21.8 Å². The Morgan fingerprint density at radius 2 is 1.96 bits per heavy atom. The zero-order valence-corrected chi connectivity index (χ0v) is 13.2. The number of aromatic nitrogens is 1.